The molecule has 0 amide bonds. The van der Waals surface area contributed by atoms with Gasteiger partial charge in [-0.05, 0) is 30.4 Å². The van der Waals surface area contributed by atoms with E-state index < -0.39 is 12.0 Å². The van der Waals surface area contributed by atoms with Gasteiger partial charge in [0.05, 0.1) is 0 Å². The third-order valence-electron chi connectivity index (χ3n) is 2.88. The van der Waals surface area contributed by atoms with Gasteiger partial charge in [0.25, 0.3) is 0 Å². The Balaban J connectivity index is 2.17. The molecule has 3 nitrogen and oxygen atoms in total. The number of thiophene rings is 1. The number of carboxylic acid groups (broad SMARTS) is 1. The van der Waals surface area contributed by atoms with E-state index in [1.54, 1.807) is 11.3 Å². The lowest BCUT2D eigenvalue weighted by Crippen LogP contribution is -2.29. The Kier molecular flexibility index (Phi) is 3.27. The quantitative estimate of drug-likeness (QED) is 0.867. The average Bonchev–Trinajstić information content (AvgIpc) is 2.87. The molecule has 0 aromatic carbocycles. The molecular formula is C13H19NO2S. The minimum atomic E-state index is -0.779. The second kappa shape index (κ2) is 4.42. The summed E-state index contributed by atoms with van der Waals surface area (Å²) in [5.41, 5.74) is 0.0888. The maximum atomic E-state index is 11.3. The molecule has 1 heterocycles. The van der Waals surface area contributed by atoms with Crippen LogP contribution in [0.25, 0.3) is 0 Å². The average molecular weight is 253 g/mol. The standard InChI is InChI=1S/C13H19NO2S/c1-13(2,3)10-7-6-9(17-10)11(12(15)16)14-8-4-5-8/h6-8,11,14H,4-5H2,1-3H3,(H,15,16). The molecule has 1 saturated carbocycles. The fourth-order valence-electron chi connectivity index (χ4n) is 1.67. The van der Waals surface area contributed by atoms with Gasteiger partial charge >= 0.3 is 5.97 Å². The molecule has 0 spiro atoms. The minimum Gasteiger partial charge on any atom is -0.480 e. The first-order valence-corrected chi connectivity index (χ1v) is 6.78. The number of rotatable bonds is 4. The first kappa shape index (κ1) is 12.6. The smallest absolute Gasteiger partial charge is 0.326 e. The molecule has 0 saturated heterocycles. The number of carbonyl (C=O) groups is 1. The molecule has 1 aromatic heterocycles. The second-order valence-corrected chi connectivity index (χ2v) is 6.78. The van der Waals surface area contributed by atoms with Gasteiger partial charge < -0.3 is 5.11 Å². The van der Waals surface area contributed by atoms with E-state index in [9.17, 15) is 9.90 Å². The van der Waals surface area contributed by atoms with Gasteiger partial charge in [-0.25, -0.2) is 0 Å². The summed E-state index contributed by atoms with van der Waals surface area (Å²) in [6.07, 6.45) is 2.20. The predicted molar refractivity (Wildman–Crippen MR) is 69.6 cm³/mol. The topological polar surface area (TPSA) is 49.3 Å². The Labute approximate surface area is 106 Å². The highest BCUT2D eigenvalue weighted by Gasteiger charge is 2.30. The molecule has 2 rings (SSSR count). The van der Waals surface area contributed by atoms with Crippen molar-refractivity contribution in [1.82, 2.24) is 5.32 Å². The molecular weight excluding hydrogens is 234 g/mol. The number of nitrogens with one attached hydrogen (secondary N) is 1. The van der Waals surface area contributed by atoms with Crippen molar-refractivity contribution in [3.05, 3.63) is 21.9 Å². The van der Waals surface area contributed by atoms with Gasteiger partial charge in [0.1, 0.15) is 6.04 Å². The van der Waals surface area contributed by atoms with Crippen LogP contribution in [0.1, 0.15) is 49.4 Å². The lowest BCUT2D eigenvalue weighted by Gasteiger charge is -2.16. The minimum absolute atomic E-state index is 0.0888. The van der Waals surface area contributed by atoms with E-state index in [1.807, 2.05) is 12.1 Å². The van der Waals surface area contributed by atoms with E-state index in [-0.39, 0.29) is 5.41 Å². The fraction of sp³-hybridized carbons (Fsp3) is 0.615. The summed E-state index contributed by atoms with van der Waals surface area (Å²) in [7, 11) is 0. The summed E-state index contributed by atoms with van der Waals surface area (Å²) in [6.45, 7) is 6.44. The zero-order chi connectivity index (χ0) is 12.6. The lowest BCUT2D eigenvalue weighted by atomic mass is 9.95. The maximum Gasteiger partial charge on any atom is 0.326 e. The van der Waals surface area contributed by atoms with Crippen molar-refractivity contribution in [2.24, 2.45) is 0 Å². The second-order valence-electron chi connectivity index (χ2n) is 5.66. The van der Waals surface area contributed by atoms with Gasteiger partial charge in [-0.15, -0.1) is 11.3 Å². The number of carboxylic acids is 1. The Bertz CT molecular complexity index is 415. The predicted octanol–water partition coefficient (Wildman–Crippen LogP) is 2.92. The third kappa shape index (κ3) is 3.07. The maximum absolute atomic E-state index is 11.3. The van der Waals surface area contributed by atoms with E-state index >= 15 is 0 Å². The van der Waals surface area contributed by atoms with E-state index in [4.69, 9.17) is 0 Å². The summed E-state index contributed by atoms with van der Waals surface area (Å²) in [5, 5.41) is 12.4. The summed E-state index contributed by atoms with van der Waals surface area (Å²) in [5.74, 6) is -0.779. The van der Waals surface area contributed by atoms with Crippen LogP contribution in [-0.2, 0) is 10.2 Å². The molecule has 1 aliphatic rings. The van der Waals surface area contributed by atoms with E-state index in [1.165, 1.54) is 4.88 Å². The molecule has 1 unspecified atom stereocenters. The Morgan fingerprint density at radius 2 is 2.12 bits per heavy atom. The number of hydrogen-bond donors (Lipinski definition) is 2. The molecule has 1 aromatic rings. The van der Waals surface area contributed by atoms with Gasteiger partial charge in [-0.3, -0.25) is 10.1 Å². The van der Waals surface area contributed by atoms with Crippen molar-refractivity contribution in [3.63, 3.8) is 0 Å². The summed E-state index contributed by atoms with van der Waals surface area (Å²) < 4.78 is 0. The van der Waals surface area contributed by atoms with Gasteiger partial charge in [-0.1, -0.05) is 20.8 Å². The van der Waals surface area contributed by atoms with Crippen LogP contribution in [-0.4, -0.2) is 17.1 Å². The van der Waals surface area contributed by atoms with Crippen LogP contribution in [0.15, 0.2) is 12.1 Å². The van der Waals surface area contributed by atoms with Crippen molar-refractivity contribution >= 4 is 17.3 Å². The molecule has 0 radical (unpaired) electrons. The van der Waals surface area contributed by atoms with Crippen molar-refractivity contribution in [1.29, 1.82) is 0 Å². The highest BCUT2D eigenvalue weighted by molar-refractivity contribution is 7.12. The first-order valence-electron chi connectivity index (χ1n) is 5.97. The zero-order valence-electron chi connectivity index (χ0n) is 10.5. The lowest BCUT2D eigenvalue weighted by molar-refractivity contribution is -0.139. The van der Waals surface area contributed by atoms with Crippen LogP contribution in [0, 0.1) is 0 Å². The molecule has 1 fully saturated rings. The van der Waals surface area contributed by atoms with Crippen molar-refractivity contribution < 1.29 is 9.90 Å². The molecule has 0 bridgehead atoms. The molecule has 1 atom stereocenters. The van der Waals surface area contributed by atoms with Crippen LogP contribution in [0.5, 0.6) is 0 Å². The van der Waals surface area contributed by atoms with Gasteiger partial charge in [0.15, 0.2) is 0 Å². The van der Waals surface area contributed by atoms with Gasteiger partial charge in [0.2, 0.25) is 0 Å². The first-order chi connectivity index (χ1) is 7.88. The largest absolute Gasteiger partial charge is 0.480 e. The van der Waals surface area contributed by atoms with E-state index in [2.05, 4.69) is 26.1 Å². The van der Waals surface area contributed by atoms with Crippen molar-refractivity contribution in [2.75, 3.05) is 0 Å². The van der Waals surface area contributed by atoms with Gasteiger partial charge in [0, 0.05) is 15.8 Å². The van der Waals surface area contributed by atoms with E-state index in [0.29, 0.717) is 6.04 Å². The van der Waals surface area contributed by atoms with E-state index in [0.717, 1.165) is 17.7 Å². The number of aliphatic carboxylic acids is 1. The normalized spacial score (nSPS) is 18.1. The van der Waals surface area contributed by atoms with Crippen LogP contribution >= 0.6 is 11.3 Å². The molecule has 4 heteroatoms. The summed E-state index contributed by atoms with van der Waals surface area (Å²) in [4.78, 5) is 13.4. The summed E-state index contributed by atoms with van der Waals surface area (Å²) >= 11 is 1.60. The zero-order valence-corrected chi connectivity index (χ0v) is 11.3. The molecule has 17 heavy (non-hydrogen) atoms. The van der Waals surface area contributed by atoms with Crippen LogP contribution in [0.4, 0.5) is 0 Å². The number of hydrogen-bond acceptors (Lipinski definition) is 3. The molecule has 94 valence electrons. The monoisotopic (exact) mass is 253 g/mol. The van der Waals surface area contributed by atoms with Crippen LogP contribution in [0.2, 0.25) is 0 Å². The fourth-order valence-corrected chi connectivity index (χ4v) is 2.79. The molecule has 2 N–H and O–H groups in total. The van der Waals surface area contributed by atoms with Gasteiger partial charge in [-0.2, -0.15) is 0 Å². The van der Waals surface area contributed by atoms with Crippen molar-refractivity contribution in [2.45, 2.75) is 51.1 Å². The third-order valence-corrected chi connectivity index (χ3v) is 4.45. The van der Waals surface area contributed by atoms with Crippen molar-refractivity contribution in [3.8, 4) is 0 Å². The SMILES string of the molecule is CC(C)(C)c1ccc(C(NC2CC2)C(=O)O)s1. The Morgan fingerprint density at radius 3 is 2.53 bits per heavy atom. The van der Waals surface area contributed by atoms with Crippen LogP contribution in [0.3, 0.4) is 0 Å². The highest BCUT2D eigenvalue weighted by Crippen LogP contribution is 2.33. The van der Waals surface area contributed by atoms with Crippen LogP contribution < -0.4 is 5.32 Å². The Morgan fingerprint density at radius 1 is 1.47 bits per heavy atom. The summed E-state index contributed by atoms with van der Waals surface area (Å²) in [6, 6.07) is 3.85. The Hall–Kier alpha value is -0.870. The molecule has 0 aliphatic heterocycles. The molecule has 1 aliphatic carbocycles. The highest BCUT2D eigenvalue weighted by atomic mass is 32.1.